The van der Waals surface area contributed by atoms with Crippen LogP contribution in [0.5, 0.6) is 0 Å². The second kappa shape index (κ2) is 6.00. The molecule has 1 aromatic carbocycles. The zero-order valence-corrected chi connectivity index (χ0v) is 12.1. The van der Waals surface area contributed by atoms with Crippen LogP contribution in [0.25, 0.3) is 0 Å². The molecule has 2 nitrogen and oxygen atoms in total. The maximum atomic E-state index is 13.7. The summed E-state index contributed by atoms with van der Waals surface area (Å²) in [5, 5.41) is 0.411. The summed E-state index contributed by atoms with van der Waals surface area (Å²) in [6, 6.07) is 4.35. The van der Waals surface area contributed by atoms with Crippen LogP contribution in [0.2, 0.25) is 5.02 Å². The normalized spacial score (nSPS) is 15.5. The zero-order chi connectivity index (χ0) is 13.9. The quantitative estimate of drug-likeness (QED) is 0.912. The monoisotopic (exact) mass is 273 g/mol. The minimum atomic E-state index is -0.318. The van der Waals surface area contributed by atoms with Crippen LogP contribution in [0.15, 0.2) is 18.2 Å². The molecule has 102 valence electrons. The molecule has 0 heterocycles. The van der Waals surface area contributed by atoms with Gasteiger partial charge in [0.05, 0.1) is 6.10 Å². The molecule has 0 spiro atoms. The van der Waals surface area contributed by atoms with Gasteiger partial charge in [0, 0.05) is 23.7 Å². The molecule has 2 unspecified atom stereocenters. The number of halogens is 2. The molecule has 0 aliphatic heterocycles. The van der Waals surface area contributed by atoms with Gasteiger partial charge in [0.25, 0.3) is 0 Å². The fourth-order valence-corrected chi connectivity index (χ4v) is 2.48. The summed E-state index contributed by atoms with van der Waals surface area (Å²) in [5.74, 6) is -0.318. The van der Waals surface area contributed by atoms with Crippen LogP contribution in [-0.4, -0.2) is 19.3 Å². The van der Waals surface area contributed by atoms with E-state index in [1.54, 1.807) is 19.2 Å². The molecule has 0 aliphatic rings. The van der Waals surface area contributed by atoms with Crippen molar-refractivity contribution in [3.05, 3.63) is 34.6 Å². The molecular weight excluding hydrogens is 253 g/mol. The lowest BCUT2D eigenvalue weighted by Crippen LogP contribution is -2.46. The lowest BCUT2D eigenvalue weighted by atomic mass is 9.82. The molecule has 2 atom stereocenters. The molecule has 0 saturated carbocycles. The second-order valence-electron chi connectivity index (χ2n) is 5.59. The molecule has 0 aromatic heterocycles. The van der Waals surface area contributed by atoms with Gasteiger partial charge in [0.15, 0.2) is 0 Å². The van der Waals surface area contributed by atoms with E-state index in [1.807, 2.05) is 20.8 Å². The van der Waals surface area contributed by atoms with Gasteiger partial charge in [0.1, 0.15) is 5.82 Å². The second-order valence-corrected chi connectivity index (χ2v) is 6.00. The Bertz CT molecular complexity index is 383. The lowest BCUT2D eigenvalue weighted by Gasteiger charge is -2.34. The molecule has 1 aromatic rings. The van der Waals surface area contributed by atoms with Crippen molar-refractivity contribution in [1.82, 2.24) is 0 Å². The molecule has 0 aliphatic carbocycles. The van der Waals surface area contributed by atoms with E-state index in [9.17, 15) is 4.39 Å². The van der Waals surface area contributed by atoms with Gasteiger partial charge in [-0.1, -0.05) is 38.4 Å². The first kappa shape index (κ1) is 15.4. The molecule has 0 fully saturated rings. The average molecular weight is 274 g/mol. The highest BCUT2D eigenvalue weighted by molar-refractivity contribution is 6.31. The Balaban J connectivity index is 2.90. The molecule has 2 N–H and O–H groups in total. The van der Waals surface area contributed by atoms with Crippen LogP contribution < -0.4 is 5.73 Å². The highest BCUT2D eigenvalue weighted by Gasteiger charge is 2.31. The summed E-state index contributed by atoms with van der Waals surface area (Å²) in [7, 11) is 1.62. The van der Waals surface area contributed by atoms with Gasteiger partial charge in [-0.25, -0.2) is 4.39 Å². The summed E-state index contributed by atoms with van der Waals surface area (Å²) in [5.41, 5.74) is 6.49. The first-order valence-corrected chi connectivity index (χ1v) is 6.36. The van der Waals surface area contributed by atoms with E-state index in [2.05, 4.69) is 0 Å². The van der Waals surface area contributed by atoms with Crippen LogP contribution in [-0.2, 0) is 11.2 Å². The first-order chi connectivity index (χ1) is 8.27. The predicted molar refractivity (Wildman–Crippen MR) is 73.3 cm³/mol. The Morgan fingerprint density at radius 3 is 2.44 bits per heavy atom. The fraction of sp³-hybridized carbons (Fsp3) is 0.571. The van der Waals surface area contributed by atoms with Crippen molar-refractivity contribution < 1.29 is 9.13 Å². The van der Waals surface area contributed by atoms with Gasteiger partial charge in [-0.2, -0.15) is 0 Å². The Morgan fingerprint density at radius 1 is 1.39 bits per heavy atom. The van der Waals surface area contributed by atoms with Crippen molar-refractivity contribution in [3.8, 4) is 0 Å². The third kappa shape index (κ3) is 3.67. The van der Waals surface area contributed by atoms with Crippen molar-refractivity contribution in [1.29, 1.82) is 0 Å². The topological polar surface area (TPSA) is 35.2 Å². The summed E-state index contributed by atoms with van der Waals surface area (Å²) < 4.78 is 19.1. The molecule has 0 bridgehead atoms. The van der Waals surface area contributed by atoms with Gasteiger partial charge in [0.2, 0.25) is 0 Å². The third-order valence-electron chi connectivity index (χ3n) is 3.00. The molecular formula is C14H21ClFNO. The van der Waals surface area contributed by atoms with Crippen molar-refractivity contribution >= 4 is 11.6 Å². The largest absolute Gasteiger partial charge is 0.379 e. The van der Waals surface area contributed by atoms with Crippen molar-refractivity contribution in [3.63, 3.8) is 0 Å². The summed E-state index contributed by atoms with van der Waals surface area (Å²) in [6.45, 7) is 6.14. The predicted octanol–water partition coefficient (Wildman–Crippen LogP) is 3.41. The number of methoxy groups -OCH3 is 1. The van der Waals surface area contributed by atoms with Crippen LogP contribution in [0, 0.1) is 11.2 Å². The van der Waals surface area contributed by atoms with E-state index in [1.165, 1.54) is 6.07 Å². The van der Waals surface area contributed by atoms with Crippen LogP contribution in [0.3, 0.4) is 0 Å². The van der Waals surface area contributed by atoms with E-state index in [0.29, 0.717) is 17.0 Å². The van der Waals surface area contributed by atoms with Gasteiger partial charge in [-0.15, -0.1) is 0 Å². The zero-order valence-electron chi connectivity index (χ0n) is 11.3. The Labute approximate surface area is 113 Å². The molecule has 0 radical (unpaired) electrons. The Morgan fingerprint density at radius 2 is 2.00 bits per heavy atom. The number of benzene rings is 1. The molecule has 0 saturated heterocycles. The maximum absolute atomic E-state index is 13.7. The van der Waals surface area contributed by atoms with E-state index >= 15 is 0 Å². The van der Waals surface area contributed by atoms with Gasteiger partial charge < -0.3 is 10.5 Å². The minimum Gasteiger partial charge on any atom is -0.379 e. The van der Waals surface area contributed by atoms with E-state index < -0.39 is 0 Å². The number of ether oxygens (including phenoxy) is 1. The van der Waals surface area contributed by atoms with Gasteiger partial charge in [-0.3, -0.25) is 0 Å². The van der Waals surface area contributed by atoms with Gasteiger partial charge in [-0.05, 0) is 24.0 Å². The van der Waals surface area contributed by atoms with Crippen LogP contribution >= 0.6 is 11.6 Å². The van der Waals surface area contributed by atoms with Crippen molar-refractivity contribution in [2.45, 2.75) is 39.3 Å². The summed E-state index contributed by atoms with van der Waals surface area (Å²) in [4.78, 5) is 0. The highest BCUT2D eigenvalue weighted by atomic mass is 35.5. The average Bonchev–Trinajstić information content (AvgIpc) is 2.22. The van der Waals surface area contributed by atoms with E-state index in [-0.39, 0.29) is 23.4 Å². The van der Waals surface area contributed by atoms with Crippen LogP contribution in [0.4, 0.5) is 4.39 Å². The van der Waals surface area contributed by atoms with Crippen molar-refractivity contribution in [2.75, 3.05) is 7.11 Å². The molecule has 1 rings (SSSR count). The standard InChI is InChI=1S/C14H21ClFNO/c1-14(2,3)13(18-4)12(17)8-9-10(15)6-5-7-11(9)16/h5-7,12-13H,8,17H2,1-4H3. The smallest absolute Gasteiger partial charge is 0.127 e. The third-order valence-corrected chi connectivity index (χ3v) is 3.35. The van der Waals surface area contributed by atoms with Gasteiger partial charge >= 0.3 is 0 Å². The number of hydrogen-bond donors (Lipinski definition) is 1. The Hall–Kier alpha value is -0.640. The first-order valence-electron chi connectivity index (χ1n) is 5.98. The highest BCUT2D eigenvalue weighted by Crippen LogP contribution is 2.27. The fourth-order valence-electron chi connectivity index (χ4n) is 2.24. The summed E-state index contributed by atoms with van der Waals surface area (Å²) >= 11 is 6.00. The molecule has 0 amide bonds. The summed E-state index contributed by atoms with van der Waals surface area (Å²) in [6.07, 6.45) is 0.203. The SMILES string of the molecule is COC(C(N)Cc1c(F)cccc1Cl)C(C)(C)C. The van der Waals surface area contributed by atoms with Crippen LogP contribution in [0.1, 0.15) is 26.3 Å². The maximum Gasteiger partial charge on any atom is 0.127 e. The number of hydrogen-bond acceptors (Lipinski definition) is 2. The number of rotatable bonds is 4. The van der Waals surface area contributed by atoms with E-state index in [4.69, 9.17) is 22.1 Å². The Kier molecular flexibility index (Phi) is 5.14. The molecule has 18 heavy (non-hydrogen) atoms. The lowest BCUT2D eigenvalue weighted by molar-refractivity contribution is -0.00180. The molecule has 4 heteroatoms. The number of nitrogens with two attached hydrogens (primary N) is 1. The van der Waals surface area contributed by atoms with Crippen molar-refractivity contribution in [2.24, 2.45) is 11.1 Å². The minimum absolute atomic E-state index is 0.105. The van der Waals surface area contributed by atoms with E-state index in [0.717, 1.165) is 0 Å².